The van der Waals surface area contributed by atoms with E-state index in [1.165, 1.54) is 12.1 Å². The number of hydrogen-bond donors (Lipinski definition) is 4. The van der Waals surface area contributed by atoms with Gasteiger partial charge in [-0.25, -0.2) is 0 Å². The summed E-state index contributed by atoms with van der Waals surface area (Å²) in [5.41, 5.74) is 6.04. The van der Waals surface area contributed by atoms with Crippen molar-refractivity contribution in [1.29, 1.82) is 0 Å². The summed E-state index contributed by atoms with van der Waals surface area (Å²) in [6.07, 6.45) is 0. The van der Waals surface area contributed by atoms with Crippen LogP contribution in [-0.4, -0.2) is 22.2 Å². The molecule has 1 unspecified atom stereocenters. The van der Waals surface area contributed by atoms with Crippen molar-refractivity contribution in [2.45, 2.75) is 26.4 Å². The van der Waals surface area contributed by atoms with Gasteiger partial charge < -0.3 is 21.3 Å². The topological polar surface area (TPSA) is 95.6 Å². The number of aromatic hydroxyl groups is 2. The predicted octanol–water partition coefficient (Wildman–Crippen LogP) is 0.697. The van der Waals surface area contributed by atoms with Gasteiger partial charge in [0.25, 0.3) is 0 Å². The zero-order valence-electron chi connectivity index (χ0n) is 9.97. The number of phenols is 2. The Bertz CT molecular complexity index is 405. The molecule has 0 spiro atoms. The third-order valence-corrected chi connectivity index (χ3v) is 2.54. The molecule has 5 nitrogen and oxygen atoms in total. The number of carbonyl (C=O) groups excluding carboxylic acids is 1. The number of primary amides is 1. The SMILES string of the molecule is CC(C)C(NCc1ccc(O)c(O)c1)C(N)=O. The standard InChI is InChI=1S/C12H18N2O3/c1-7(2)11(12(13)17)14-6-8-3-4-9(15)10(16)5-8/h3-5,7,11,14-16H,6H2,1-2H3,(H2,13,17). The summed E-state index contributed by atoms with van der Waals surface area (Å²) < 4.78 is 0. The van der Waals surface area contributed by atoms with Crippen molar-refractivity contribution >= 4 is 5.91 Å². The van der Waals surface area contributed by atoms with Gasteiger partial charge in [0.1, 0.15) is 0 Å². The fraction of sp³-hybridized carbons (Fsp3) is 0.417. The van der Waals surface area contributed by atoms with Gasteiger partial charge in [0.2, 0.25) is 5.91 Å². The molecule has 1 aromatic rings. The van der Waals surface area contributed by atoms with E-state index in [1.807, 2.05) is 13.8 Å². The van der Waals surface area contributed by atoms with E-state index in [4.69, 9.17) is 10.8 Å². The second-order valence-electron chi connectivity index (χ2n) is 4.33. The van der Waals surface area contributed by atoms with E-state index >= 15 is 0 Å². The van der Waals surface area contributed by atoms with Crippen LogP contribution in [0.3, 0.4) is 0 Å². The smallest absolute Gasteiger partial charge is 0.234 e. The Labute approximate surface area is 100 Å². The monoisotopic (exact) mass is 238 g/mol. The molecule has 1 aromatic carbocycles. The minimum absolute atomic E-state index is 0.0956. The van der Waals surface area contributed by atoms with Crippen molar-refractivity contribution < 1.29 is 15.0 Å². The largest absolute Gasteiger partial charge is 0.504 e. The molecule has 0 aliphatic carbocycles. The van der Waals surface area contributed by atoms with Gasteiger partial charge in [-0.15, -0.1) is 0 Å². The fourth-order valence-electron chi connectivity index (χ4n) is 1.57. The van der Waals surface area contributed by atoms with Crippen molar-refractivity contribution in [2.75, 3.05) is 0 Å². The van der Waals surface area contributed by atoms with E-state index in [2.05, 4.69) is 5.32 Å². The number of rotatable bonds is 5. The maximum Gasteiger partial charge on any atom is 0.234 e. The highest BCUT2D eigenvalue weighted by Gasteiger charge is 2.18. The molecule has 0 heterocycles. The molecule has 1 atom stereocenters. The van der Waals surface area contributed by atoms with Crippen molar-refractivity contribution in [2.24, 2.45) is 11.7 Å². The van der Waals surface area contributed by atoms with Crippen molar-refractivity contribution in [3.63, 3.8) is 0 Å². The lowest BCUT2D eigenvalue weighted by atomic mass is 10.0. The molecule has 0 radical (unpaired) electrons. The highest BCUT2D eigenvalue weighted by atomic mass is 16.3. The summed E-state index contributed by atoms with van der Waals surface area (Å²) in [5, 5.41) is 21.5. The maximum atomic E-state index is 11.2. The zero-order valence-corrected chi connectivity index (χ0v) is 9.97. The molecule has 1 amide bonds. The van der Waals surface area contributed by atoms with Crippen LogP contribution in [0.5, 0.6) is 11.5 Å². The summed E-state index contributed by atoms with van der Waals surface area (Å²) >= 11 is 0. The van der Waals surface area contributed by atoms with Gasteiger partial charge in [0.15, 0.2) is 11.5 Å². The van der Waals surface area contributed by atoms with Crippen LogP contribution in [0.4, 0.5) is 0 Å². The third-order valence-electron chi connectivity index (χ3n) is 2.54. The molecule has 0 fully saturated rings. The molecule has 5 heteroatoms. The van der Waals surface area contributed by atoms with E-state index in [-0.39, 0.29) is 17.4 Å². The number of nitrogens with one attached hydrogen (secondary N) is 1. The lowest BCUT2D eigenvalue weighted by molar-refractivity contribution is -0.121. The normalized spacial score (nSPS) is 12.6. The Balaban J connectivity index is 2.65. The van der Waals surface area contributed by atoms with Crippen LogP contribution in [0.15, 0.2) is 18.2 Å². The van der Waals surface area contributed by atoms with Crippen LogP contribution < -0.4 is 11.1 Å². The van der Waals surface area contributed by atoms with Crippen LogP contribution >= 0.6 is 0 Å². The summed E-state index contributed by atoms with van der Waals surface area (Å²) in [5.74, 6) is -0.644. The molecule has 5 N–H and O–H groups in total. The Morgan fingerprint density at radius 2 is 2.00 bits per heavy atom. The van der Waals surface area contributed by atoms with E-state index in [1.54, 1.807) is 6.07 Å². The van der Waals surface area contributed by atoms with Crippen molar-refractivity contribution in [1.82, 2.24) is 5.32 Å². The molecule has 17 heavy (non-hydrogen) atoms. The molecule has 0 aromatic heterocycles. The fourth-order valence-corrected chi connectivity index (χ4v) is 1.57. The van der Waals surface area contributed by atoms with Crippen LogP contribution in [0, 0.1) is 5.92 Å². The van der Waals surface area contributed by atoms with E-state index in [0.717, 1.165) is 5.56 Å². The Morgan fingerprint density at radius 1 is 1.35 bits per heavy atom. The van der Waals surface area contributed by atoms with Gasteiger partial charge in [0.05, 0.1) is 6.04 Å². The van der Waals surface area contributed by atoms with E-state index in [9.17, 15) is 9.90 Å². The maximum absolute atomic E-state index is 11.2. The average molecular weight is 238 g/mol. The number of amides is 1. The highest BCUT2D eigenvalue weighted by Crippen LogP contribution is 2.24. The molecule has 1 rings (SSSR count). The van der Waals surface area contributed by atoms with Crippen molar-refractivity contribution in [3.05, 3.63) is 23.8 Å². The van der Waals surface area contributed by atoms with Crippen LogP contribution in [0.25, 0.3) is 0 Å². The second kappa shape index (κ2) is 5.54. The predicted molar refractivity (Wildman–Crippen MR) is 64.4 cm³/mol. The minimum Gasteiger partial charge on any atom is -0.504 e. The van der Waals surface area contributed by atoms with E-state index < -0.39 is 11.9 Å². The number of phenolic OH excluding ortho intramolecular Hbond substituents is 2. The summed E-state index contributed by atoms with van der Waals surface area (Å²) in [7, 11) is 0. The van der Waals surface area contributed by atoms with Gasteiger partial charge in [-0.2, -0.15) is 0 Å². The van der Waals surface area contributed by atoms with Gasteiger partial charge in [-0.3, -0.25) is 4.79 Å². The molecule has 94 valence electrons. The van der Waals surface area contributed by atoms with Crippen LogP contribution in [-0.2, 0) is 11.3 Å². The van der Waals surface area contributed by atoms with Crippen LogP contribution in [0.2, 0.25) is 0 Å². The molecule has 0 aliphatic heterocycles. The minimum atomic E-state index is -0.411. The van der Waals surface area contributed by atoms with Crippen molar-refractivity contribution in [3.8, 4) is 11.5 Å². The lowest BCUT2D eigenvalue weighted by Gasteiger charge is -2.19. The van der Waals surface area contributed by atoms with Gasteiger partial charge >= 0.3 is 0 Å². The first kappa shape index (κ1) is 13.3. The number of carbonyl (C=O) groups is 1. The first-order valence-corrected chi connectivity index (χ1v) is 5.45. The Hall–Kier alpha value is -1.75. The first-order valence-electron chi connectivity index (χ1n) is 5.45. The second-order valence-corrected chi connectivity index (χ2v) is 4.33. The molecular formula is C12H18N2O3. The number of benzene rings is 1. The summed E-state index contributed by atoms with van der Waals surface area (Å²) in [6.45, 7) is 4.20. The van der Waals surface area contributed by atoms with E-state index in [0.29, 0.717) is 6.54 Å². The zero-order chi connectivity index (χ0) is 13.0. The molecule has 0 saturated heterocycles. The molecular weight excluding hydrogens is 220 g/mol. The molecule has 0 aliphatic rings. The Kier molecular flexibility index (Phi) is 4.34. The highest BCUT2D eigenvalue weighted by molar-refractivity contribution is 5.80. The van der Waals surface area contributed by atoms with Crippen LogP contribution in [0.1, 0.15) is 19.4 Å². The summed E-state index contributed by atoms with van der Waals surface area (Å²) in [4.78, 5) is 11.2. The first-order chi connectivity index (χ1) is 7.91. The summed E-state index contributed by atoms with van der Waals surface area (Å²) in [6, 6.07) is 4.10. The third kappa shape index (κ3) is 3.64. The lowest BCUT2D eigenvalue weighted by Crippen LogP contribution is -2.44. The Morgan fingerprint density at radius 3 is 2.47 bits per heavy atom. The molecule has 0 saturated carbocycles. The van der Waals surface area contributed by atoms with Gasteiger partial charge in [0, 0.05) is 6.54 Å². The number of hydrogen-bond acceptors (Lipinski definition) is 4. The molecule has 0 bridgehead atoms. The van der Waals surface area contributed by atoms with Gasteiger partial charge in [-0.05, 0) is 23.6 Å². The average Bonchev–Trinajstić information content (AvgIpc) is 2.22. The quantitative estimate of drug-likeness (QED) is 0.568. The van der Waals surface area contributed by atoms with Gasteiger partial charge in [-0.1, -0.05) is 19.9 Å². The number of nitrogens with two attached hydrogens (primary N) is 1.